The third-order valence-corrected chi connectivity index (χ3v) is 4.99. The van der Waals surface area contributed by atoms with Crippen molar-refractivity contribution in [2.24, 2.45) is 0 Å². The highest BCUT2D eigenvalue weighted by Gasteiger charge is 2.39. The lowest BCUT2D eigenvalue weighted by molar-refractivity contribution is 0.376. The lowest BCUT2D eigenvalue weighted by atomic mass is 9.59. The van der Waals surface area contributed by atoms with E-state index in [4.69, 9.17) is 7.85 Å². The Morgan fingerprint density at radius 1 is 0.484 bits per heavy atom. The first kappa shape index (κ1) is 26.9. The van der Waals surface area contributed by atoms with Gasteiger partial charge in [0.25, 0.3) is 0 Å². The summed E-state index contributed by atoms with van der Waals surface area (Å²) in [7, 11) is 5.85. The predicted octanol–water partition coefficient (Wildman–Crippen LogP) is 7.60. The summed E-state index contributed by atoms with van der Waals surface area (Å²) in [6.45, 7) is 7.01. The van der Waals surface area contributed by atoms with Gasteiger partial charge in [-0.15, -0.1) is 0 Å². The number of hydrogen-bond donors (Lipinski definition) is 0. The van der Waals surface area contributed by atoms with Gasteiger partial charge in [0.15, 0.2) is 46.5 Å². The Bertz CT molecular complexity index is 922. The van der Waals surface area contributed by atoms with E-state index in [2.05, 4.69) is 13.8 Å². The lowest BCUT2D eigenvalue weighted by Crippen LogP contribution is -2.29. The van der Waals surface area contributed by atoms with Gasteiger partial charge in [-0.2, -0.15) is 0 Å². The van der Waals surface area contributed by atoms with Crippen LogP contribution >= 0.6 is 0 Å². The second-order valence-electron chi connectivity index (χ2n) is 6.81. The fourth-order valence-electron chi connectivity index (χ4n) is 2.76. The molecule has 0 unspecified atom stereocenters. The summed E-state index contributed by atoms with van der Waals surface area (Å²) in [6.07, 6.45) is 2.13. The minimum absolute atomic E-state index is 0.257. The highest BCUT2D eigenvalue weighted by molar-refractivity contribution is 6.16. The monoisotopic (exact) mass is 454 g/mol. The molecule has 170 valence electrons. The summed E-state index contributed by atoms with van der Waals surface area (Å²) < 4.78 is 125. The fraction of sp³-hybridized carbons (Fsp3) is 0.429. The van der Waals surface area contributed by atoms with E-state index in [1.54, 1.807) is 0 Å². The molecule has 0 saturated carbocycles. The Kier molecular flexibility index (Phi) is 9.08. The molecule has 2 aromatic carbocycles. The van der Waals surface area contributed by atoms with Gasteiger partial charge in [0.1, 0.15) is 0 Å². The smallest absolute Gasteiger partial charge is 0.200 e. The van der Waals surface area contributed by atoms with Crippen molar-refractivity contribution in [3.8, 4) is 11.1 Å². The predicted molar refractivity (Wildman–Crippen MR) is 100 cm³/mol. The van der Waals surface area contributed by atoms with Gasteiger partial charge in [0.2, 0.25) is 5.82 Å². The van der Waals surface area contributed by atoms with Crippen LogP contribution in [0.1, 0.15) is 58.9 Å². The molecule has 2 aromatic rings. The Balaban J connectivity index is 0.00000110. The zero-order chi connectivity index (χ0) is 24.3. The second kappa shape index (κ2) is 10.5. The molecule has 0 amide bonds. The number of benzene rings is 2. The van der Waals surface area contributed by atoms with Gasteiger partial charge in [0.05, 0.1) is 13.4 Å². The summed E-state index contributed by atoms with van der Waals surface area (Å²) in [5.74, 6) is -21.8. The van der Waals surface area contributed by atoms with Crippen LogP contribution in [0.15, 0.2) is 0 Å². The van der Waals surface area contributed by atoms with Crippen LogP contribution in [0.3, 0.4) is 0 Å². The van der Waals surface area contributed by atoms with Crippen LogP contribution in [0.2, 0.25) is 0 Å². The first-order valence-corrected chi connectivity index (χ1v) is 9.53. The van der Waals surface area contributed by atoms with Crippen molar-refractivity contribution in [1.82, 2.24) is 0 Å². The van der Waals surface area contributed by atoms with Crippen molar-refractivity contribution in [2.75, 3.05) is 0 Å². The molecule has 0 fully saturated rings. The topological polar surface area (TPSA) is 0 Å². The number of hydrogen-bond acceptors (Lipinski definition) is 0. The average molecular weight is 454 g/mol. The van der Waals surface area contributed by atoms with Crippen molar-refractivity contribution in [1.29, 1.82) is 0 Å². The van der Waals surface area contributed by atoms with E-state index in [0.29, 0.717) is 0 Å². The summed E-state index contributed by atoms with van der Waals surface area (Å²) >= 11 is 0. The van der Waals surface area contributed by atoms with Crippen molar-refractivity contribution < 1.29 is 39.5 Å². The average Bonchev–Trinajstić information content (AvgIpc) is 2.77. The van der Waals surface area contributed by atoms with E-state index in [1.807, 2.05) is 0 Å². The molecule has 0 spiro atoms. The maximum atomic E-state index is 14.4. The summed E-state index contributed by atoms with van der Waals surface area (Å²) in [5.41, 5.74) is -4.83. The van der Waals surface area contributed by atoms with Crippen LogP contribution in [0.5, 0.6) is 0 Å². The minimum atomic E-state index is -2.55. The molecule has 0 aliphatic rings. The SMILES string of the molecule is CCCC.[B]C(CC)(CC)c1c(F)c(F)c(F)c(F)c1-c1c(F)c(F)c(F)c(F)c1F. The van der Waals surface area contributed by atoms with Crippen LogP contribution in [-0.4, -0.2) is 7.85 Å². The third kappa shape index (κ3) is 4.72. The highest BCUT2D eigenvalue weighted by atomic mass is 19.2. The third-order valence-electron chi connectivity index (χ3n) is 4.99. The lowest BCUT2D eigenvalue weighted by Gasteiger charge is -2.31. The number of halogens is 9. The molecule has 0 heterocycles. The molecule has 10 heteroatoms. The van der Waals surface area contributed by atoms with Crippen molar-refractivity contribution in [2.45, 2.75) is 58.7 Å². The molecule has 31 heavy (non-hydrogen) atoms. The maximum absolute atomic E-state index is 14.4. The Labute approximate surface area is 175 Å². The van der Waals surface area contributed by atoms with Gasteiger partial charge in [-0.1, -0.05) is 53.4 Å². The van der Waals surface area contributed by atoms with Gasteiger partial charge in [-0.05, 0) is 10.9 Å². The van der Waals surface area contributed by atoms with E-state index in [9.17, 15) is 39.5 Å². The molecule has 0 N–H and O–H groups in total. The van der Waals surface area contributed by atoms with Crippen molar-refractivity contribution >= 4 is 7.85 Å². The molecule has 0 aromatic heterocycles. The number of unbranched alkanes of at least 4 members (excludes halogenated alkanes) is 1. The number of rotatable bonds is 5. The zero-order valence-electron chi connectivity index (χ0n) is 17.3. The van der Waals surface area contributed by atoms with Gasteiger partial charge in [-0.3, -0.25) is 0 Å². The Morgan fingerprint density at radius 2 is 0.774 bits per heavy atom. The van der Waals surface area contributed by atoms with E-state index in [0.717, 1.165) is 0 Å². The van der Waals surface area contributed by atoms with Gasteiger partial charge < -0.3 is 0 Å². The normalized spacial score (nSPS) is 11.4. The van der Waals surface area contributed by atoms with Gasteiger partial charge >= 0.3 is 0 Å². The molecular weight excluding hydrogens is 434 g/mol. The molecule has 2 rings (SSSR count). The molecule has 2 radical (unpaired) electrons. The van der Waals surface area contributed by atoms with Crippen LogP contribution in [0.25, 0.3) is 11.1 Å². The molecule has 0 aliphatic heterocycles. The largest absolute Gasteiger partial charge is 0.203 e. The second-order valence-corrected chi connectivity index (χ2v) is 6.81. The quantitative estimate of drug-likeness (QED) is 0.189. The van der Waals surface area contributed by atoms with Gasteiger partial charge in [-0.25, -0.2) is 39.5 Å². The van der Waals surface area contributed by atoms with E-state index in [-0.39, 0.29) is 12.8 Å². The highest BCUT2D eigenvalue weighted by Crippen LogP contribution is 2.44. The molecule has 0 aliphatic carbocycles. The zero-order valence-corrected chi connectivity index (χ0v) is 17.3. The fourth-order valence-corrected chi connectivity index (χ4v) is 2.76. The Morgan fingerprint density at radius 3 is 1.10 bits per heavy atom. The Hall–Kier alpha value is -2.13. The first-order valence-electron chi connectivity index (χ1n) is 9.53. The van der Waals surface area contributed by atoms with E-state index in [1.165, 1.54) is 26.7 Å². The standard InChI is InChI=1S/C17H10BF9.C4H10/c1-3-17(18,4-2)7-5(8(19)12(23)15(26)11(7)22)6-9(20)13(24)16(27)14(25)10(6)21;1-3-4-2/h3-4H2,1-2H3;3-4H2,1-2H3. The van der Waals surface area contributed by atoms with Crippen LogP contribution in [-0.2, 0) is 5.31 Å². The summed E-state index contributed by atoms with van der Waals surface area (Å²) in [4.78, 5) is 0. The molecular formula is C21H20BF9. The molecule has 0 nitrogen and oxygen atoms in total. The van der Waals surface area contributed by atoms with Crippen molar-refractivity contribution in [3.63, 3.8) is 0 Å². The van der Waals surface area contributed by atoms with Gasteiger partial charge in [0, 0.05) is 5.56 Å². The van der Waals surface area contributed by atoms with Crippen LogP contribution in [0.4, 0.5) is 39.5 Å². The maximum Gasteiger partial charge on any atom is 0.200 e. The van der Waals surface area contributed by atoms with E-state index < -0.39 is 74.4 Å². The summed E-state index contributed by atoms with van der Waals surface area (Å²) in [5, 5.41) is -1.99. The van der Waals surface area contributed by atoms with Crippen LogP contribution in [0, 0.1) is 52.4 Å². The summed E-state index contributed by atoms with van der Waals surface area (Å²) in [6, 6.07) is 0. The van der Waals surface area contributed by atoms with E-state index >= 15 is 0 Å². The molecule has 0 bridgehead atoms. The molecule has 0 saturated heterocycles. The molecule has 0 atom stereocenters. The first-order chi connectivity index (χ1) is 14.4. The minimum Gasteiger partial charge on any atom is -0.203 e. The van der Waals surface area contributed by atoms with Crippen LogP contribution < -0.4 is 0 Å². The van der Waals surface area contributed by atoms with Crippen molar-refractivity contribution in [3.05, 3.63) is 57.9 Å².